The number of hydrogen-bond donors (Lipinski definition) is 2. The number of halogens is 1. The molecular formula is C21H20FN5OS. The molecule has 2 N–H and O–H groups in total. The predicted molar refractivity (Wildman–Crippen MR) is 112 cm³/mol. The fourth-order valence-electron chi connectivity index (χ4n) is 3.32. The number of carbonyl (C=O) groups excluding carboxylic acids is 1. The quantitative estimate of drug-likeness (QED) is 0.486. The maximum atomic E-state index is 13.3. The second kappa shape index (κ2) is 7.71. The van der Waals surface area contributed by atoms with Gasteiger partial charge in [-0.1, -0.05) is 23.9 Å². The van der Waals surface area contributed by atoms with Gasteiger partial charge in [-0.2, -0.15) is 0 Å². The van der Waals surface area contributed by atoms with Crippen molar-refractivity contribution in [3.05, 3.63) is 70.9 Å². The zero-order valence-electron chi connectivity index (χ0n) is 16.3. The lowest BCUT2D eigenvalue weighted by atomic mass is 10.1. The third-order valence-electron chi connectivity index (χ3n) is 4.96. The maximum Gasteiger partial charge on any atom is 0.253 e. The molecule has 0 fully saturated rings. The van der Waals surface area contributed by atoms with Crippen molar-refractivity contribution in [3.8, 4) is 5.69 Å². The first-order chi connectivity index (χ1) is 14.0. The lowest BCUT2D eigenvalue weighted by molar-refractivity contribution is 0.0951. The Morgan fingerprint density at radius 3 is 2.66 bits per heavy atom. The number of benzene rings is 2. The smallest absolute Gasteiger partial charge is 0.253 e. The van der Waals surface area contributed by atoms with Crippen molar-refractivity contribution in [2.45, 2.75) is 25.5 Å². The summed E-state index contributed by atoms with van der Waals surface area (Å²) in [5.74, 6) is 0.0588. The molecule has 0 atom stereocenters. The van der Waals surface area contributed by atoms with E-state index in [9.17, 15) is 9.18 Å². The molecule has 2 heterocycles. The normalized spacial score (nSPS) is 11.2. The van der Waals surface area contributed by atoms with Gasteiger partial charge in [0.05, 0.1) is 17.6 Å². The number of nitrogens with zero attached hydrogens (tertiary/aromatic N) is 3. The average Bonchev–Trinajstić information content (AvgIpc) is 3.27. The Morgan fingerprint density at radius 1 is 1.17 bits per heavy atom. The molecule has 0 saturated heterocycles. The molecule has 0 bridgehead atoms. The van der Waals surface area contributed by atoms with Crippen molar-refractivity contribution in [2.75, 3.05) is 6.26 Å². The highest BCUT2D eigenvalue weighted by atomic mass is 32.2. The average molecular weight is 409 g/mol. The Bertz CT molecular complexity index is 1200. The Morgan fingerprint density at radius 2 is 1.93 bits per heavy atom. The number of hydrogen-bond acceptors (Lipinski definition) is 4. The summed E-state index contributed by atoms with van der Waals surface area (Å²) in [6.45, 7) is 4.22. The van der Waals surface area contributed by atoms with Crippen molar-refractivity contribution in [1.29, 1.82) is 0 Å². The third-order valence-corrected chi connectivity index (χ3v) is 5.59. The van der Waals surface area contributed by atoms with E-state index in [2.05, 4.69) is 20.5 Å². The summed E-state index contributed by atoms with van der Waals surface area (Å²) in [6, 6.07) is 11.8. The molecule has 2 aromatic carbocycles. The van der Waals surface area contributed by atoms with Gasteiger partial charge in [-0.05, 0) is 56.0 Å². The van der Waals surface area contributed by atoms with Gasteiger partial charge in [0.25, 0.3) is 5.91 Å². The predicted octanol–water partition coefficient (Wildman–Crippen LogP) is 4.16. The molecule has 0 spiro atoms. The van der Waals surface area contributed by atoms with E-state index in [0.29, 0.717) is 16.5 Å². The zero-order valence-corrected chi connectivity index (χ0v) is 17.1. The van der Waals surface area contributed by atoms with Crippen molar-refractivity contribution in [2.24, 2.45) is 0 Å². The molecule has 29 heavy (non-hydrogen) atoms. The van der Waals surface area contributed by atoms with Gasteiger partial charge in [-0.3, -0.25) is 9.36 Å². The number of aromatic amines is 1. The highest BCUT2D eigenvalue weighted by Crippen LogP contribution is 2.24. The van der Waals surface area contributed by atoms with Crippen molar-refractivity contribution < 1.29 is 9.18 Å². The topological polar surface area (TPSA) is 75.6 Å². The minimum atomic E-state index is -0.313. The molecule has 6 nitrogen and oxygen atoms in total. The molecule has 0 aliphatic rings. The number of thioether (sulfide) groups is 1. The van der Waals surface area contributed by atoms with Gasteiger partial charge in [0.1, 0.15) is 5.82 Å². The van der Waals surface area contributed by atoms with Gasteiger partial charge in [0.2, 0.25) is 0 Å². The number of nitrogens with one attached hydrogen (secondary N) is 2. The van der Waals surface area contributed by atoms with E-state index < -0.39 is 0 Å². The molecule has 0 saturated carbocycles. The van der Waals surface area contributed by atoms with Crippen LogP contribution < -0.4 is 5.32 Å². The Balaban J connectivity index is 1.62. The number of fused-ring (bicyclic) bond motifs is 1. The lowest BCUT2D eigenvalue weighted by Gasteiger charge is -2.10. The minimum absolute atomic E-state index is 0.193. The first kappa shape index (κ1) is 19.2. The van der Waals surface area contributed by atoms with Crippen molar-refractivity contribution in [1.82, 2.24) is 25.1 Å². The van der Waals surface area contributed by atoms with Crippen LogP contribution in [0.25, 0.3) is 16.6 Å². The largest absolute Gasteiger partial charge is 0.358 e. The Hall–Kier alpha value is -3.13. The number of amides is 1. The summed E-state index contributed by atoms with van der Waals surface area (Å²) in [5, 5.41) is 13.0. The summed E-state index contributed by atoms with van der Waals surface area (Å²) < 4.78 is 15.1. The third kappa shape index (κ3) is 3.51. The Labute approximate surface area is 171 Å². The van der Waals surface area contributed by atoms with E-state index in [1.54, 1.807) is 18.2 Å². The highest BCUT2D eigenvalue weighted by Gasteiger charge is 2.17. The second-order valence-electron chi connectivity index (χ2n) is 6.70. The van der Waals surface area contributed by atoms with Gasteiger partial charge in [-0.25, -0.2) is 4.39 Å². The van der Waals surface area contributed by atoms with Crippen LogP contribution in [0.15, 0.2) is 47.6 Å². The lowest BCUT2D eigenvalue weighted by Crippen LogP contribution is -2.25. The molecule has 4 aromatic rings. The summed E-state index contributed by atoms with van der Waals surface area (Å²) >= 11 is 1.43. The van der Waals surface area contributed by atoms with Gasteiger partial charge < -0.3 is 10.3 Å². The molecule has 0 unspecified atom stereocenters. The minimum Gasteiger partial charge on any atom is -0.358 e. The van der Waals surface area contributed by atoms with Crippen LogP contribution >= 0.6 is 11.8 Å². The van der Waals surface area contributed by atoms with Crippen molar-refractivity contribution >= 4 is 28.6 Å². The maximum absolute atomic E-state index is 13.3. The SMILES string of the molecule is CSc1nnc(CNC(=O)c2cccc3c(C)c(C)[nH]c23)n1-c1ccc(F)cc1. The molecule has 4 rings (SSSR count). The van der Waals surface area contributed by atoms with Crippen LogP contribution in [-0.2, 0) is 6.54 Å². The van der Waals surface area contributed by atoms with Gasteiger partial charge >= 0.3 is 0 Å². The van der Waals surface area contributed by atoms with E-state index >= 15 is 0 Å². The summed E-state index contributed by atoms with van der Waals surface area (Å²) in [4.78, 5) is 16.2. The van der Waals surface area contributed by atoms with E-state index in [1.807, 2.05) is 36.8 Å². The molecule has 8 heteroatoms. The number of H-pyrrole nitrogens is 1. The molecule has 0 aliphatic carbocycles. The number of rotatable bonds is 5. The van der Waals surface area contributed by atoms with Crippen LogP contribution in [0.5, 0.6) is 0 Å². The van der Waals surface area contributed by atoms with Crippen LogP contribution in [-0.4, -0.2) is 31.9 Å². The Kier molecular flexibility index (Phi) is 5.10. The first-order valence-electron chi connectivity index (χ1n) is 9.10. The molecule has 148 valence electrons. The number of carbonyl (C=O) groups is 1. The zero-order chi connectivity index (χ0) is 20.5. The molecule has 0 radical (unpaired) electrons. The van der Waals surface area contributed by atoms with Crippen LogP contribution in [0, 0.1) is 19.7 Å². The highest BCUT2D eigenvalue weighted by molar-refractivity contribution is 7.98. The number of aromatic nitrogens is 4. The van der Waals surface area contributed by atoms with Gasteiger partial charge in [0, 0.05) is 16.8 Å². The van der Waals surface area contributed by atoms with E-state index in [0.717, 1.165) is 27.8 Å². The van der Waals surface area contributed by atoms with E-state index in [-0.39, 0.29) is 18.3 Å². The van der Waals surface area contributed by atoms with E-state index in [4.69, 9.17) is 0 Å². The molecule has 2 aromatic heterocycles. The fourth-order valence-corrected chi connectivity index (χ4v) is 3.84. The number of aryl methyl sites for hydroxylation is 2. The van der Waals surface area contributed by atoms with Crippen LogP contribution in [0.1, 0.15) is 27.4 Å². The van der Waals surface area contributed by atoms with Gasteiger partial charge in [0.15, 0.2) is 11.0 Å². The first-order valence-corrected chi connectivity index (χ1v) is 10.3. The number of para-hydroxylation sites is 1. The van der Waals surface area contributed by atoms with Crippen LogP contribution in [0.4, 0.5) is 4.39 Å². The second-order valence-corrected chi connectivity index (χ2v) is 7.47. The molecule has 1 amide bonds. The fraction of sp³-hybridized carbons (Fsp3) is 0.190. The van der Waals surface area contributed by atoms with Crippen LogP contribution in [0.3, 0.4) is 0 Å². The summed E-state index contributed by atoms with van der Waals surface area (Å²) in [5.41, 5.74) is 4.32. The molecule has 0 aliphatic heterocycles. The summed E-state index contributed by atoms with van der Waals surface area (Å²) in [6.07, 6.45) is 1.89. The molecular weight excluding hydrogens is 389 g/mol. The monoisotopic (exact) mass is 409 g/mol. The van der Waals surface area contributed by atoms with E-state index in [1.165, 1.54) is 23.9 Å². The van der Waals surface area contributed by atoms with Gasteiger partial charge in [-0.15, -0.1) is 10.2 Å². The standard InChI is InChI=1S/C21H20FN5OS/c1-12-13(2)24-19-16(12)5-4-6-17(19)20(28)23-11-18-25-26-21(29-3)27(18)15-9-7-14(22)8-10-15/h4-10,24H,11H2,1-3H3,(H,23,28). The van der Waals surface area contributed by atoms with Crippen molar-refractivity contribution in [3.63, 3.8) is 0 Å². The summed E-state index contributed by atoms with van der Waals surface area (Å²) in [7, 11) is 0. The van der Waals surface area contributed by atoms with Crippen LogP contribution in [0.2, 0.25) is 0 Å².